The molecular formula is C19H18ClN3O. The van der Waals surface area contributed by atoms with Crippen molar-refractivity contribution in [1.82, 2.24) is 9.88 Å². The topological polar surface area (TPSA) is 48.1 Å². The number of hydrogen-bond acceptors (Lipinski definition) is 1. The number of benzene rings is 2. The molecule has 0 saturated heterocycles. The van der Waals surface area contributed by atoms with Crippen LogP contribution in [0.5, 0.6) is 0 Å². The number of carbonyl (C=O) groups excluding carboxylic acids is 1. The maximum Gasteiger partial charge on any atom is 0.322 e. The van der Waals surface area contributed by atoms with Gasteiger partial charge in [-0.15, -0.1) is 0 Å². The average Bonchev–Trinajstić information content (AvgIpc) is 2.80. The first kappa shape index (κ1) is 15.1. The van der Waals surface area contributed by atoms with Crippen molar-refractivity contribution in [2.24, 2.45) is 0 Å². The number of amides is 2. The van der Waals surface area contributed by atoms with E-state index in [2.05, 4.69) is 22.4 Å². The average molecular weight is 340 g/mol. The van der Waals surface area contributed by atoms with Crippen molar-refractivity contribution in [3.63, 3.8) is 0 Å². The Hall–Kier alpha value is -2.46. The number of hydrogen-bond donors (Lipinski definition) is 2. The van der Waals surface area contributed by atoms with E-state index in [-0.39, 0.29) is 6.03 Å². The van der Waals surface area contributed by atoms with E-state index < -0.39 is 0 Å². The Kier molecular flexibility index (Phi) is 3.90. The fraction of sp³-hybridized carbons (Fsp3) is 0.211. The third-order valence-electron chi connectivity index (χ3n) is 4.51. The molecule has 3 aromatic rings. The van der Waals surface area contributed by atoms with Gasteiger partial charge in [0.1, 0.15) is 0 Å². The number of halogens is 1. The number of aromatic amines is 1. The van der Waals surface area contributed by atoms with Gasteiger partial charge in [0.25, 0.3) is 0 Å². The van der Waals surface area contributed by atoms with E-state index in [1.165, 1.54) is 16.6 Å². The molecule has 0 spiro atoms. The van der Waals surface area contributed by atoms with Crippen molar-refractivity contribution in [2.75, 3.05) is 11.9 Å². The van der Waals surface area contributed by atoms with Crippen LogP contribution in [0.1, 0.15) is 17.7 Å². The molecule has 122 valence electrons. The molecule has 1 aliphatic heterocycles. The lowest BCUT2D eigenvalue weighted by atomic mass is 10.1. The Labute approximate surface area is 145 Å². The quantitative estimate of drug-likeness (QED) is 0.657. The van der Waals surface area contributed by atoms with E-state index in [1.54, 1.807) is 6.07 Å². The van der Waals surface area contributed by atoms with Crippen LogP contribution in [0.2, 0.25) is 5.02 Å². The van der Waals surface area contributed by atoms with Crippen molar-refractivity contribution >= 4 is 34.2 Å². The van der Waals surface area contributed by atoms with Gasteiger partial charge in [0.05, 0.1) is 10.7 Å². The third kappa shape index (κ3) is 2.74. The molecule has 24 heavy (non-hydrogen) atoms. The summed E-state index contributed by atoms with van der Waals surface area (Å²) >= 11 is 6.14. The van der Waals surface area contributed by atoms with Crippen LogP contribution in [0, 0.1) is 0 Å². The molecule has 1 aromatic heterocycles. The van der Waals surface area contributed by atoms with E-state index >= 15 is 0 Å². The zero-order chi connectivity index (χ0) is 16.5. The highest BCUT2D eigenvalue weighted by Gasteiger charge is 2.22. The van der Waals surface area contributed by atoms with Crippen LogP contribution in [-0.4, -0.2) is 22.5 Å². The third-order valence-corrected chi connectivity index (χ3v) is 4.84. The van der Waals surface area contributed by atoms with Gasteiger partial charge in [0, 0.05) is 35.2 Å². The molecule has 0 aliphatic carbocycles. The summed E-state index contributed by atoms with van der Waals surface area (Å²) in [5, 5.41) is 4.67. The first-order valence-electron chi connectivity index (χ1n) is 8.11. The van der Waals surface area contributed by atoms with Crippen molar-refractivity contribution < 1.29 is 4.79 Å². The van der Waals surface area contributed by atoms with E-state index in [9.17, 15) is 4.79 Å². The Morgan fingerprint density at radius 1 is 1.12 bits per heavy atom. The van der Waals surface area contributed by atoms with Gasteiger partial charge in [-0.25, -0.2) is 4.79 Å². The lowest BCUT2D eigenvalue weighted by Gasteiger charge is -2.21. The molecule has 2 N–H and O–H groups in total. The molecule has 5 heteroatoms. The monoisotopic (exact) mass is 339 g/mol. The molecule has 0 atom stereocenters. The standard InChI is InChI=1S/C19H18ClN3O/c20-15-7-2-4-9-18(15)22-19(24)23-11-5-10-17-14(12-23)13-6-1-3-8-16(13)21-17/h1-4,6-9,21H,5,10-12H2,(H,22,24). The molecule has 2 heterocycles. The summed E-state index contributed by atoms with van der Waals surface area (Å²) in [7, 11) is 0. The number of nitrogens with one attached hydrogen (secondary N) is 2. The van der Waals surface area contributed by atoms with E-state index in [0.717, 1.165) is 24.9 Å². The van der Waals surface area contributed by atoms with Crippen molar-refractivity contribution in [1.29, 1.82) is 0 Å². The van der Waals surface area contributed by atoms with Gasteiger partial charge in [-0.1, -0.05) is 41.9 Å². The molecule has 2 amide bonds. The zero-order valence-electron chi connectivity index (χ0n) is 13.2. The van der Waals surface area contributed by atoms with Crippen LogP contribution in [0.3, 0.4) is 0 Å². The lowest BCUT2D eigenvalue weighted by molar-refractivity contribution is 0.210. The van der Waals surface area contributed by atoms with Gasteiger partial charge in [-0.2, -0.15) is 0 Å². The van der Waals surface area contributed by atoms with Gasteiger partial charge in [-0.3, -0.25) is 0 Å². The number of aryl methyl sites for hydroxylation is 1. The second-order valence-electron chi connectivity index (χ2n) is 6.06. The Balaban J connectivity index is 1.60. The van der Waals surface area contributed by atoms with Crippen LogP contribution in [0.25, 0.3) is 10.9 Å². The summed E-state index contributed by atoms with van der Waals surface area (Å²) in [5.41, 5.74) is 4.24. The van der Waals surface area contributed by atoms with Crippen LogP contribution in [-0.2, 0) is 13.0 Å². The summed E-state index contributed by atoms with van der Waals surface area (Å²) in [5.74, 6) is 0. The highest BCUT2D eigenvalue weighted by molar-refractivity contribution is 6.33. The summed E-state index contributed by atoms with van der Waals surface area (Å²) in [6.45, 7) is 1.34. The highest BCUT2D eigenvalue weighted by atomic mass is 35.5. The number of nitrogens with zero attached hydrogens (tertiary/aromatic N) is 1. The predicted molar refractivity (Wildman–Crippen MR) is 97.5 cm³/mol. The Morgan fingerprint density at radius 2 is 1.92 bits per heavy atom. The number of fused-ring (bicyclic) bond motifs is 3. The molecule has 2 aromatic carbocycles. The maximum atomic E-state index is 12.7. The molecule has 0 saturated carbocycles. The Morgan fingerprint density at radius 3 is 2.79 bits per heavy atom. The number of anilines is 1. The summed E-state index contributed by atoms with van der Waals surface area (Å²) in [6, 6.07) is 15.4. The van der Waals surface area contributed by atoms with E-state index in [1.807, 2.05) is 35.2 Å². The number of H-pyrrole nitrogens is 1. The number of aromatic nitrogens is 1. The van der Waals surface area contributed by atoms with Gasteiger partial charge in [-0.05, 0) is 31.0 Å². The van der Waals surface area contributed by atoms with Gasteiger partial charge >= 0.3 is 6.03 Å². The zero-order valence-corrected chi connectivity index (χ0v) is 13.9. The smallest absolute Gasteiger partial charge is 0.322 e. The maximum absolute atomic E-state index is 12.7. The number of urea groups is 1. The second-order valence-corrected chi connectivity index (χ2v) is 6.47. The molecule has 4 rings (SSSR count). The summed E-state index contributed by atoms with van der Waals surface area (Å²) < 4.78 is 0. The first-order valence-corrected chi connectivity index (χ1v) is 8.49. The number of para-hydroxylation sites is 2. The minimum absolute atomic E-state index is 0.110. The fourth-order valence-corrected chi connectivity index (χ4v) is 3.48. The normalized spacial score (nSPS) is 14.3. The molecule has 0 unspecified atom stereocenters. The predicted octanol–water partition coefficient (Wildman–Crippen LogP) is 4.80. The van der Waals surface area contributed by atoms with E-state index in [0.29, 0.717) is 17.3 Å². The number of rotatable bonds is 1. The van der Waals surface area contributed by atoms with Gasteiger partial charge < -0.3 is 15.2 Å². The number of carbonyl (C=O) groups is 1. The van der Waals surface area contributed by atoms with Crippen LogP contribution >= 0.6 is 11.6 Å². The van der Waals surface area contributed by atoms with Gasteiger partial charge in [0.15, 0.2) is 0 Å². The van der Waals surface area contributed by atoms with Crippen molar-refractivity contribution in [3.8, 4) is 0 Å². The Bertz CT molecular complexity index is 903. The lowest BCUT2D eigenvalue weighted by Crippen LogP contribution is -2.34. The second kappa shape index (κ2) is 6.21. The van der Waals surface area contributed by atoms with Crippen LogP contribution in [0.15, 0.2) is 48.5 Å². The minimum Gasteiger partial charge on any atom is -0.358 e. The largest absolute Gasteiger partial charge is 0.358 e. The minimum atomic E-state index is -0.110. The van der Waals surface area contributed by atoms with Gasteiger partial charge in [0.2, 0.25) is 0 Å². The molecule has 0 radical (unpaired) electrons. The van der Waals surface area contributed by atoms with Crippen molar-refractivity contribution in [3.05, 3.63) is 64.8 Å². The van der Waals surface area contributed by atoms with Crippen LogP contribution < -0.4 is 5.32 Å². The molecule has 0 bridgehead atoms. The fourth-order valence-electron chi connectivity index (χ4n) is 3.30. The summed E-state index contributed by atoms with van der Waals surface area (Å²) in [6.07, 6.45) is 1.90. The molecular weight excluding hydrogens is 322 g/mol. The molecule has 1 aliphatic rings. The van der Waals surface area contributed by atoms with Crippen LogP contribution in [0.4, 0.5) is 10.5 Å². The summed E-state index contributed by atoms with van der Waals surface area (Å²) in [4.78, 5) is 18.0. The SMILES string of the molecule is O=C(Nc1ccccc1Cl)N1CCCc2[nH]c3ccccc3c2C1. The van der Waals surface area contributed by atoms with E-state index in [4.69, 9.17) is 11.6 Å². The molecule has 4 nitrogen and oxygen atoms in total. The van der Waals surface area contributed by atoms with Crippen molar-refractivity contribution in [2.45, 2.75) is 19.4 Å². The molecule has 0 fully saturated rings. The highest BCUT2D eigenvalue weighted by Crippen LogP contribution is 2.28. The first-order chi connectivity index (χ1) is 11.7.